The number of nitrogens with one attached hydrogen (secondary N) is 1. The molecule has 2 aliphatic heterocycles. The Morgan fingerprint density at radius 3 is 2.75 bits per heavy atom. The Balaban J connectivity index is 1.83. The lowest BCUT2D eigenvalue weighted by Gasteiger charge is -2.44. The molecule has 0 aliphatic carbocycles. The van der Waals surface area contributed by atoms with Crippen LogP contribution in [0.15, 0.2) is 30.3 Å². The number of nitrogens with zero attached hydrogens (tertiary/aromatic N) is 1. The fourth-order valence-electron chi connectivity index (χ4n) is 3.62. The van der Waals surface area contributed by atoms with Gasteiger partial charge < -0.3 is 10.1 Å². The molecular formula is C17H26N2O. The van der Waals surface area contributed by atoms with Crippen LogP contribution in [-0.2, 0) is 4.74 Å². The summed E-state index contributed by atoms with van der Waals surface area (Å²) in [6.45, 7) is 7.59. The van der Waals surface area contributed by atoms with Gasteiger partial charge in [0.15, 0.2) is 0 Å². The van der Waals surface area contributed by atoms with E-state index in [-0.39, 0.29) is 0 Å². The molecule has 3 rings (SSSR count). The van der Waals surface area contributed by atoms with Gasteiger partial charge >= 0.3 is 0 Å². The molecule has 0 radical (unpaired) electrons. The number of piperazine rings is 1. The SMILES string of the molecule is CCC1CN(C2CCOC2C)C(c2ccccc2)CN1. The van der Waals surface area contributed by atoms with E-state index in [1.807, 2.05) is 0 Å². The van der Waals surface area contributed by atoms with E-state index in [1.54, 1.807) is 0 Å². The smallest absolute Gasteiger partial charge is 0.0703 e. The van der Waals surface area contributed by atoms with Gasteiger partial charge in [-0.25, -0.2) is 0 Å². The first-order valence-electron chi connectivity index (χ1n) is 7.95. The molecule has 0 amide bonds. The molecule has 2 heterocycles. The molecule has 0 saturated carbocycles. The average Bonchev–Trinajstić information content (AvgIpc) is 2.93. The quantitative estimate of drug-likeness (QED) is 0.917. The molecule has 20 heavy (non-hydrogen) atoms. The largest absolute Gasteiger partial charge is 0.377 e. The minimum Gasteiger partial charge on any atom is -0.377 e. The highest BCUT2D eigenvalue weighted by Crippen LogP contribution is 2.31. The van der Waals surface area contributed by atoms with Crippen molar-refractivity contribution < 1.29 is 4.74 Å². The highest BCUT2D eigenvalue weighted by Gasteiger charge is 2.38. The lowest BCUT2D eigenvalue weighted by atomic mass is 9.96. The Morgan fingerprint density at radius 1 is 1.30 bits per heavy atom. The molecule has 0 spiro atoms. The van der Waals surface area contributed by atoms with Gasteiger partial charge in [0.25, 0.3) is 0 Å². The second-order valence-corrected chi connectivity index (χ2v) is 6.07. The van der Waals surface area contributed by atoms with Gasteiger partial charge in [0, 0.05) is 37.8 Å². The summed E-state index contributed by atoms with van der Waals surface area (Å²) in [6.07, 6.45) is 2.72. The summed E-state index contributed by atoms with van der Waals surface area (Å²) in [4.78, 5) is 2.69. The maximum Gasteiger partial charge on any atom is 0.0703 e. The fourth-order valence-corrected chi connectivity index (χ4v) is 3.62. The minimum absolute atomic E-state index is 0.358. The van der Waals surface area contributed by atoms with Crippen LogP contribution in [0.1, 0.15) is 38.3 Å². The second-order valence-electron chi connectivity index (χ2n) is 6.07. The van der Waals surface area contributed by atoms with Gasteiger partial charge in [0.1, 0.15) is 0 Å². The van der Waals surface area contributed by atoms with Crippen LogP contribution in [0.3, 0.4) is 0 Å². The van der Waals surface area contributed by atoms with E-state index in [1.165, 1.54) is 18.4 Å². The standard InChI is InChI=1S/C17H26N2O/c1-3-15-12-19(16-9-10-20-13(16)2)17(11-18-15)14-7-5-4-6-8-14/h4-8,13,15-18H,3,9-12H2,1-2H3. The summed E-state index contributed by atoms with van der Waals surface area (Å²) in [5.74, 6) is 0. The van der Waals surface area contributed by atoms with Crippen molar-refractivity contribution in [2.24, 2.45) is 0 Å². The molecule has 110 valence electrons. The molecule has 1 aromatic carbocycles. The van der Waals surface area contributed by atoms with E-state index in [0.29, 0.717) is 24.2 Å². The molecule has 2 fully saturated rings. The zero-order valence-electron chi connectivity index (χ0n) is 12.6. The maximum absolute atomic E-state index is 5.81. The predicted octanol–water partition coefficient (Wildman–Crippen LogP) is 2.59. The summed E-state index contributed by atoms with van der Waals surface area (Å²) in [5.41, 5.74) is 1.42. The van der Waals surface area contributed by atoms with Crippen LogP contribution >= 0.6 is 0 Å². The molecule has 2 aliphatic rings. The third kappa shape index (κ3) is 2.76. The van der Waals surface area contributed by atoms with Crippen LogP contribution in [0, 0.1) is 0 Å². The van der Waals surface area contributed by atoms with Gasteiger partial charge in [-0.15, -0.1) is 0 Å². The Bertz CT molecular complexity index is 422. The van der Waals surface area contributed by atoms with Crippen LogP contribution in [0.4, 0.5) is 0 Å². The highest BCUT2D eigenvalue weighted by atomic mass is 16.5. The molecule has 1 aromatic rings. The Labute approximate surface area is 122 Å². The van der Waals surface area contributed by atoms with Gasteiger partial charge in [-0.1, -0.05) is 37.3 Å². The van der Waals surface area contributed by atoms with E-state index in [9.17, 15) is 0 Å². The van der Waals surface area contributed by atoms with E-state index in [2.05, 4.69) is 54.4 Å². The van der Waals surface area contributed by atoms with Gasteiger partial charge in [-0.3, -0.25) is 4.90 Å². The Kier molecular flexibility index (Phi) is 4.39. The van der Waals surface area contributed by atoms with Gasteiger partial charge in [0.2, 0.25) is 0 Å². The van der Waals surface area contributed by atoms with Crippen molar-refractivity contribution in [2.45, 2.75) is 50.9 Å². The molecule has 4 unspecified atom stereocenters. The molecule has 4 atom stereocenters. The van der Waals surface area contributed by atoms with E-state index in [0.717, 1.165) is 19.7 Å². The fraction of sp³-hybridized carbons (Fsp3) is 0.647. The van der Waals surface area contributed by atoms with Crippen LogP contribution in [0.5, 0.6) is 0 Å². The summed E-state index contributed by atoms with van der Waals surface area (Å²) >= 11 is 0. The van der Waals surface area contributed by atoms with Crippen molar-refractivity contribution in [3.8, 4) is 0 Å². The molecule has 3 nitrogen and oxygen atoms in total. The van der Waals surface area contributed by atoms with Gasteiger partial charge in [0.05, 0.1) is 6.10 Å². The first-order valence-corrected chi connectivity index (χ1v) is 7.95. The summed E-state index contributed by atoms with van der Waals surface area (Å²) in [6, 6.07) is 12.6. The normalized spacial score (nSPS) is 35.3. The summed E-state index contributed by atoms with van der Waals surface area (Å²) < 4.78 is 5.81. The monoisotopic (exact) mass is 274 g/mol. The number of hydrogen-bond donors (Lipinski definition) is 1. The third-order valence-corrected chi connectivity index (χ3v) is 4.87. The second kappa shape index (κ2) is 6.25. The van der Waals surface area contributed by atoms with Crippen molar-refractivity contribution >= 4 is 0 Å². The topological polar surface area (TPSA) is 24.5 Å². The van der Waals surface area contributed by atoms with E-state index >= 15 is 0 Å². The van der Waals surface area contributed by atoms with Crippen molar-refractivity contribution in [2.75, 3.05) is 19.7 Å². The number of rotatable bonds is 3. The molecular weight excluding hydrogens is 248 g/mol. The van der Waals surface area contributed by atoms with Crippen molar-refractivity contribution in [3.05, 3.63) is 35.9 Å². The minimum atomic E-state index is 0.358. The van der Waals surface area contributed by atoms with Crippen LogP contribution in [0.25, 0.3) is 0 Å². The summed E-state index contributed by atoms with van der Waals surface area (Å²) in [5, 5.41) is 3.70. The lowest BCUT2D eigenvalue weighted by molar-refractivity contribution is 0.0301. The number of hydrogen-bond acceptors (Lipinski definition) is 3. The average molecular weight is 274 g/mol. The first kappa shape index (κ1) is 14.1. The predicted molar refractivity (Wildman–Crippen MR) is 81.8 cm³/mol. The Morgan fingerprint density at radius 2 is 2.10 bits per heavy atom. The number of ether oxygens (including phenoxy) is 1. The van der Waals surface area contributed by atoms with Crippen molar-refractivity contribution in [1.29, 1.82) is 0 Å². The molecule has 0 bridgehead atoms. The van der Waals surface area contributed by atoms with Gasteiger partial charge in [-0.2, -0.15) is 0 Å². The van der Waals surface area contributed by atoms with E-state index < -0.39 is 0 Å². The molecule has 3 heteroatoms. The maximum atomic E-state index is 5.81. The van der Waals surface area contributed by atoms with E-state index in [4.69, 9.17) is 4.74 Å². The zero-order chi connectivity index (χ0) is 13.9. The van der Waals surface area contributed by atoms with Crippen LogP contribution in [-0.4, -0.2) is 42.8 Å². The first-order chi connectivity index (χ1) is 9.79. The van der Waals surface area contributed by atoms with Crippen LogP contribution in [0.2, 0.25) is 0 Å². The van der Waals surface area contributed by atoms with Gasteiger partial charge in [-0.05, 0) is 25.3 Å². The summed E-state index contributed by atoms with van der Waals surface area (Å²) in [7, 11) is 0. The van der Waals surface area contributed by atoms with Crippen molar-refractivity contribution in [3.63, 3.8) is 0 Å². The van der Waals surface area contributed by atoms with Crippen molar-refractivity contribution in [1.82, 2.24) is 10.2 Å². The molecule has 2 saturated heterocycles. The number of benzene rings is 1. The Hall–Kier alpha value is -0.900. The zero-order valence-corrected chi connectivity index (χ0v) is 12.6. The lowest BCUT2D eigenvalue weighted by Crippen LogP contribution is -2.56. The molecule has 1 N–H and O–H groups in total. The third-order valence-electron chi connectivity index (χ3n) is 4.87. The van der Waals surface area contributed by atoms with Crippen LogP contribution < -0.4 is 5.32 Å². The molecule has 0 aromatic heterocycles. The highest BCUT2D eigenvalue weighted by molar-refractivity contribution is 5.21.